The predicted molar refractivity (Wildman–Crippen MR) is 63.5 cm³/mol. The molecule has 0 bridgehead atoms. The highest BCUT2D eigenvalue weighted by atomic mass is 79.9. The summed E-state index contributed by atoms with van der Waals surface area (Å²) in [5.74, 6) is 0. The molecular formula is C10H18BrF3N2O. The van der Waals surface area contributed by atoms with E-state index in [9.17, 15) is 13.2 Å². The van der Waals surface area contributed by atoms with Crippen molar-refractivity contribution in [3.8, 4) is 0 Å². The van der Waals surface area contributed by atoms with Gasteiger partial charge in [0.05, 0.1) is 19.8 Å². The molecule has 0 saturated carbocycles. The quantitative estimate of drug-likeness (QED) is 0.692. The number of hydrogen-bond acceptors (Lipinski definition) is 3. The molecule has 1 heterocycles. The van der Waals surface area contributed by atoms with Crippen LogP contribution in [0.5, 0.6) is 0 Å². The molecule has 3 nitrogen and oxygen atoms in total. The molecule has 0 radical (unpaired) electrons. The molecule has 7 heteroatoms. The molecule has 0 aromatic heterocycles. The Kier molecular flexibility index (Phi) is 6.76. The maximum Gasteiger partial charge on any atom is 0.401 e. The van der Waals surface area contributed by atoms with Crippen LogP contribution in [0.25, 0.3) is 0 Å². The average Bonchev–Trinajstić information content (AvgIpc) is 2.26. The Hall–Kier alpha value is 0.150. The highest BCUT2D eigenvalue weighted by molar-refractivity contribution is 9.09. The first kappa shape index (κ1) is 15.2. The second-order valence-electron chi connectivity index (χ2n) is 4.03. The Morgan fingerprint density at radius 1 is 1.18 bits per heavy atom. The van der Waals surface area contributed by atoms with E-state index < -0.39 is 12.7 Å². The molecular weight excluding hydrogens is 301 g/mol. The summed E-state index contributed by atoms with van der Waals surface area (Å²) >= 11 is 3.18. The summed E-state index contributed by atoms with van der Waals surface area (Å²) in [4.78, 5) is 3.57. The maximum absolute atomic E-state index is 12.3. The van der Waals surface area contributed by atoms with Gasteiger partial charge in [0.15, 0.2) is 0 Å². The molecule has 0 aromatic rings. The highest BCUT2D eigenvalue weighted by Gasteiger charge is 2.30. The van der Waals surface area contributed by atoms with E-state index in [1.54, 1.807) is 0 Å². The highest BCUT2D eigenvalue weighted by Crippen LogP contribution is 2.16. The van der Waals surface area contributed by atoms with Crippen LogP contribution in [0.2, 0.25) is 0 Å². The van der Waals surface area contributed by atoms with E-state index >= 15 is 0 Å². The first-order chi connectivity index (χ1) is 8.01. The number of alkyl halides is 4. The molecule has 1 rings (SSSR count). The van der Waals surface area contributed by atoms with Crippen LogP contribution in [0.15, 0.2) is 0 Å². The number of morpholine rings is 1. The molecule has 102 valence electrons. The lowest BCUT2D eigenvalue weighted by Gasteiger charge is -2.30. The van der Waals surface area contributed by atoms with E-state index in [4.69, 9.17) is 4.74 Å². The fourth-order valence-electron chi connectivity index (χ4n) is 1.75. The molecule has 0 aliphatic carbocycles. The summed E-state index contributed by atoms with van der Waals surface area (Å²) in [5, 5.41) is 0.562. The van der Waals surface area contributed by atoms with Crippen LogP contribution in [0.3, 0.4) is 0 Å². The van der Waals surface area contributed by atoms with Crippen molar-refractivity contribution in [3.63, 3.8) is 0 Å². The van der Waals surface area contributed by atoms with Crippen LogP contribution >= 0.6 is 15.9 Å². The molecule has 0 atom stereocenters. The summed E-state index contributed by atoms with van der Waals surface area (Å²) < 4.78 is 42.1. The minimum Gasteiger partial charge on any atom is -0.379 e. The van der Waals surface area contributed by atoms with Crippen molar-refractivity contribution in [2.45, 2.75) is 6.18 Å². The zero-order chi connectivity index (χ0) is 12.7. The van der Waals surface area contributed by atoms with Gasteiger partial charge in [0.2, 0.25) is 0 Å². The molecule has 0 N–H and O–H groups in total. The monoisotopic (exact) mass is 318 g/mol. The van der Waals surface area contributed by atoms with Gasteiger partial charge in [0.25, 0.3) is 0 Å². The third-order valence-electron chi connectivity index (χ3n) is 2.64. The Labute approximate surface area is 108 Å². The second-order valence-corrected chi connectivity index (χ2v) is 4.83. The van der Waals surface area contributed by atoms with Crippen molar-refractivity contribution in [1.29, 1.82) is 0 Å². The largest absolute Gasteiger partial charge is 0.401 e. The Bertz CT molecular complexity index is 210. The molecule has 0 unspecified atom stereocenters. The summed E-state index contributed by atoms with van der Waals surface area (Å²) in [6.07, 6.45) is -4.12. The molecule has 0 spiro atoms. The zero-order valence-corrected chi connectivity index (χ0v) is 11.3. The van der Waals surface area contributed by atoms with Crippen LogP contribution in [-0.2, 0) is 4.74 Å². The molecule has 0 aromatic carbocycles. The minimum atomic E-state index is -4.12. The second kappa shape index (κ2) is 7.56. The molecule has 1 aliphatic rings. The smallest absolute Gasteiger partial charge is 0.379 e. The summed E-state index contributed by atoms with van der Waals surface area (Å²) in [7, 11) is 0. The van der Waals surface area contributed by atoms with Gasteiger partial charge in [-0.05, 0) is 0 Å². The average molecular weight is 319 g/mol. The van der Waals surface area contributed by atoms with Crippen LogP contribution in [0.1, 0.15) is 0 Å². The van der Waals surface area contributed by atoms with E-state index in [1.807, 2.05) is 0 Å². The Balaban J connectivity index is 2.27. The zero-order valence-electron chi connectivity index (χ0n) is 9.68. The standard InChI is InChI=1S/C10H18BrF3N2O/c11-1-2-16(9-10(12,13)14)4-3-15-5-7-17-8-6-15/h1-9H2. The SMILES string of the molecule is FC(F)(F)CN(CCBr)CCN1CCOCC1. The van der Waals surface area contributed by atoms with Gasteiger partial charge in [-0.2, -0.15) is 13.2 Å². The lowest BCUT2D eigenvalue weighted by atomic mass is 10.3. The van der Waals surface area contributed by atoms with Crippen LogP contribution in [0, 0.1) is 0 Å². The summed E-state index contributed by atoms with van der Waals surface area (Å²) in [5.41, 5.74) is 0. The maximum atomic E-state index is 12.3. The first-order valence-electron chi connectivity index (χ1n) is 5.66. The van der Waals surface area contributed by atoms with E-state index in [1.165, 1.54) is 4.90 Å². The number of ether oxygens (including phenoxy) is 1. The lowest BCUT2D eigenvalue weighted by Crippen LogP contribution is -2.44. The van der Waals surface area contributed by atoms with Gasteiger partial charge >= 0.3 is 6.18 Å². The predicted octanol–water partition coefficient (Wildman–Crippen LogP) is 1.58. The fraction of sp³-hybridized carbons (Fsp3) is 1.00. The van der Waals surface area contributed by atoms with E-state index in [0.29, 0.717) is 38.2 Å². The number of halogens is 4. The summed E-state index contributed by atoms with van der Waals surface area (Å²) in [6.45, 7) is 3.70. The van der Waals surface area contributed by atoms with Crippen molar-refractivity contribution >= 4 is 15.9 Å². The first-order valence-corrected chi connectivity index (χ1v) is 6.78. The van der Waals surface area contributed by atoms with E-state index in [0.717, 1.165) is 13.1 Å². The van der Waals surface area contributed by atoms with Crippen molar-refractivity contribution in [1.82, 2.24) is 9.80 Å². The Morgan fingerprint density at radius 2 is 1.82 bits per heavy atom. The van der Waals surface area contributed by atoms with Crippen molar-refractivity contribution < 1.29 is 17.9 Å². The fourth-order valence-corrected chi connectivity index (χ4v) is 2.25. The van der Waals surface area contributed by atoms with Crippen molar-refractivity contribution in [2.75, 3.05) is 57.8 Å². The molecule has 1 saturated heterocycles. The van der Waals surface area contributed by atoms with Gasteiger partial charge in [-0.15, -0.1) is 0 Å². The van der Waals surface area contributed by atoms with Crippen LogP contribution in [-0.4, -0.2) is 73.8 Å². The normalized spacial score (nSPS) is 18.9. The molecule has 1 aliphatic heterocycles. The number of nitrogens with zero attached hydrogens (tertiary/aromatic N) is 2. The topological polar surface area (TPSA) is 15.7 Å². The van der Waals surface area contributed by atoms with Gasteiger partial charge in [0, 0.05) is 38.1 Å². The third-order valence-corrected chi connectivity index (χ3v) is 2.99. The summed E-state index contributed by atoms with van der Waals surface area (Å²) in [6, 6.07) is 0. The molecule has 1 fully saturated rings. The van der Waals surface area contributed by atoms with Crippen LogP contribution < -0.4 is 0 Å². The van der Waals surface area contributed by atoms with Crippen molar-refractivity contribution in [2.24, 2.45) is 0 Å². The number of rotatable bonds is 6. The van der Waals surface area contributed by atoms with Gasteiger partial charge < -0.3 is 4.74 Å². The van der Waals surface area contributed by atoms with Gasteiger partial charge in [-0.1, -0.05) is 15.9 Å². The third kappa shape index (κ3) is 7.23. The molecule has 0 amide bonds. The van der Waals surface area contributed by atoms with E-state index in [-0.39, 0.29) is 0 Å². The van der Waals surface area contributed by atoms with Crippen LogP contribution in [0.4, 0.5) is 13.2 Å². The molecule has 17 heavy (non-hydrogen) atoms. The van der Waals surface area contributed by atoms with Crippen molar-refractivity contribution in [3.05, 3.63) is 0 Å². The minimum absolute atomic E-state index is 0.420. The lowest BCUT2D eigenvalue weighted by molar-refractivity contribution is -0.145. The van der Waals surface area contributed by atoms with Gasteiger partial charge in [-0.3, -0.25) is 9.80 Å². The van der Waals surface area contributed by atoms with Gasteiger partial charge in [-0.25, -0.2) is 0 Å². The number of hydrogen-bond donors (Lipinski definition) is 0. The van der Waals surface area contributed by atoms with E-state index in [2.05, 4.69) is 20.8 Å². The Morgan fingerprint density at radius 3 is 2.35 bits per heavy atom. The van der Waals surface area contributed by atoms with Gasteiger partial charge in [0.1, 0.15) is 0 Å².